The second-order valence-corrected chi connectivity index (χ2v) is 6.99. The molecule has 0 spiro atoms. The van der Waals surface area contributed by atoms with Crippen LogP contribution >= 0.6 is 0 Å². The van der Waals surface area contributed by atoms with Crippen molar-refractivity contribution in [3.63, 3.8) is 0 Å². The minimum Gasteiger partial charge on any atom is -0.492 e. The van der Waals surface area contributed by atoms with Crippen molar-refractivity contribution in [2.75, 3.05) is 39.5 Å². The van der Waals surface area contributed by atoms with Crippen LogP contribution in [0.3, 0.4) is 0 Å². The molecule has 1 aliphatic heterocycles. The van der Waals surface area contributed by atoms with Crippen molar-refractivity contribution in [1.29, 1.82) is 0 Å². The van der Waals surface area contributed by atoms with Gasteiger partial charge in [-0.2, -0.15) is 5.10 Å². The third kappa shape index (κ3) is 6.14. The molecule has 1 fully saturated rings. The van der Waals surface area contributed by atoms with Crippen LogP contribution in [0, 0.1) is 6.92 Å². The fourth-order valence-corrected chi connectivity index (χ4v) is 3.21. The molecule has 2 aromatic carbocycles. The first kappa shape index (κ1) is 21.0. The number of aryl methyl sites for hydroxylation is 1. The summed E-state index contributed by atoms with van der Waals surface area (Å²) in [6.07, 6.45) is 0.714. The summed E-state index contributed by atoms with van der Waals surface area (Å²) in [6.45, 7) is 9.02. The molecular formula is C23H29N3O3. The lowest BCUT2D eigenvalue weighted by molar-refractivity contribution is 0.0322. The quantitative estimate of drug-likeness (QED) is 0.551. The van der Waals surface area contributed by atoms with Crippen LogP contribution < -0.4 is 10.2 Å². The van der Waals surface area contributed by atoms with E-state index in [1.807, 2.05) is 56.3 Å². The zero-order chi connectivity index (χ0) is 20.5. The molecule has 0 saturated carbocycles. The van der Waals surface area contributed by atoms with Crippen molar-refractivity contribution >= 4 is 11.6 Å². The van der Waals surface area contributed by atoms with Gasteiger partial charge in [-0.3, -0.25) is 9.69 Å². The molecular weight excluding hydrogens is 366 g/mol. The van der Waals surface area contributed by atoms with E-state index in [0.717, 1.165) is 55.4 Å². The second-order valence-electron chi connectivity index (χ2n) is 6.99. The zero-order valence-electron chi connectivity index (χ0n) is 17.2. The minimum absolute atomic E-state index is 0.197. The van der Waals surface area contributed by atoms with Gasteiger partial charge in [-0.25, -0.2) is 5.43 Å². The van der Waals surface area contributed by atoms with Crippen molar-refractivity contribution in [3.05, 3.63) is 65.2 Å². The molecule has 1 aliphatic rings. The van der Waals surface area contributed by atoms with Gasteiger partial charge >= 0.3 is 0 Å². The molecule has 0 bridgehead atoms. The molecule has 1 amide bonds. The van der Waals surface area contributed by atoms with E-state index >= 15 is 0 Å². The number of amides is 1. The van der Waals surface area contributed by atoms with Crippen LogP contribution in [0.2, 0.25) is 0 Å². The minimum atomic E-state index is -0.197. The monoisotopic (exact) mass is 395 g/mol. The summed E-state index contributed by atoms with van der Waals surface area (Å²) in [5.74, 6) is 0.638. The van der Waals surface area contributed by atoms with E-state index < -0.39 is 0 Å². The smallest absolute Gasteiger partial charge is 0.271 e. The molecule has 154 valence electrons. The van der Waals surface area contributed by atoms with Crippen LogP contribution in [-0.2, 0) is 4.74 Å². The van der Waals surface area contributed by atoms with Gasteiger partial charge in [0.15, 0.2) is 0 Å². The molecule has 0 aromatic heterocycles. The topological polar surface area (TPSA) is 63.2 Å². The number of carbonyl (C=O) groups excluding carboxylic acids is 1. The van der Waals surface area contributed by atoms with Crippen molar-refractivity contribution in [1.82, 2.24) is 10.3 Å². The van der Waals surface area contributed by atoms with Gasteiger partial charge in [0.05, 0.1) is 18.9 Å². The van der Waals surface area contributed by atoms with E-state index in [2.05, 4.69) is 15.4 Å². The summed E-state index contributed by atoms with van der Waals surface area (Å²) in [5.41, 5.74) is 6.04. The van der Waals surface area contributed by atoms with Crippen molar-refractivity contribution in [2.45, 2.75) is 20.3 Å². The summed E-state index contributed by atoms with van der Waals surface area (Å²) in [6, 6.07) is 15.3. The van der Waals surface area contributed by atoms with Crippen LogP contribution in [0.1, 0.15) is 34.8 Å². The van der Waals surface area contributed by atoms with Crippen LogP contribution in [0.5, 0.6) is 5.75 Å². The van der Waals surface area contributed by atoms with Gasteiger partial charge in [0.2, 0.25) is 0 Å². The first-order valence-electron chi connectivity index (χ1n) is 10.1. The Morgan fingerprint density at radius 1 is 1.14 bits per heavy atom. The summed E-state index contributed by atoms with van der Waals surface area (Å²) < 4.78 is 11.2. The zero-order valence-corrected chi connectivity index (χ0v) is 17.2. The van der Waals surface area contributed by atoms with Gasteiger partial charge in [-0.05, 0) is 54.8 Å². The number of ether oxygens (including phenoxy) is 2. The normalized spacial score (nSPS) is 15.2. The lowest BCUT2D eigenvalue weighted by Gasteiger charge is -2.26. The van der Waals surface area contributed by atoms with Crippen LogP contribution in [0.4, 0.5) is 0 Å². The van der Waals surface area contributed by atoms with Crippen LogP contribution in [0.15, 0.2) is 53.6 Å². The third-order valence-corrected chi connectivity index (χ3v) is 4.98. The fraction of sp³-hybridized carbons (Fsp3) is 0.391. The molecule has 29 heavy (non-hydrogen) atoms. The Labute approximate surface area is 172 Å². The number of carbonyl (C=O) groups is 1. The Bertz CT molecular complexity index is 828. The number of hydrogen-bond donors (Lipinski definition) is 1. The van der Waals surface area contributed by atoms with Crippen molar-refractivity contribution < 1.29 is 14.3 Å². The Balaban J connectivity index is 1.54. The fourth-order valence-electron chi connectivity index (χ4n) is 3.21. The first-order chi connectivity index (χ1) is 14.2. The van der Waals surface area contributed by atoms with E-state index in [9.17, 15) is 4.79 Å². The van der Waals surface area contributed by atoms with Gasteiger partial charge in [0.1, 0.15) is 12.4 Å². The van der Waals surface area contributed by atoms with Gasteiger partial charge in [-0.15, -0.1) is 0 Å². The maximum atomic E-state index is 12.4. The Morgan fingerprint density at radius 2 is 1.86 bits per heavy atom. The highest BCUT2D eigenvalue weighted by Crippen LogP contribution is 2.14. The van der Waals surface area contributed by atoms with Gasteiger partial charge in [-0.1, -0.05) is 25.1 Å². The largest absolute Gasteiger partial charge is 0.492 e. The maximum absolute atomic E-state index is 12.4. The number of hydrazone groups is 1. The maximum Gasteiger partial charge on any atom is 0.271 e. The highest BCUT2D eigenvalue weighted by Gasteiger charge is 2.10. The first-order valence-corrected chi connectivity index (χ1v) is 10.1. The third-order valence-electron chi connectivity index (χ3n) is 4.98. The molecule has 2 aromatic rings. The Hall–Kier alpha value is -2.70. The van der Waals surface area contributed by atoms with E-state index in [1.54, 1.807) is 6.07 Å². The number of hydrogen-bond acceptors (Lipinski definition) is 5. The summed E-state index contributed by atoms with van der Waals surface area (Å²) >= 11 is 0. The van der Waals surface area contributed by atoms with Crippen LogP contribution in [-0.4, -0.2) is 56.0 Å². The van der Waals surface area contributed by atoms with Crippen molar-refractivity contribution in [2.24, 2.45) is 5.10 Å². The highest BCUT2D eigenvalue weighted by molar-refractivity contribution is 6.02. The average molecular weight is 396 g/mol. The molecule has 1 N–H and O–H groups in total. The average Bonchev–Trinajstić information content (AvgIpc) is 2.76. The molecule has 1 saturated heterocycles. The molecule has 0 aliphatic carbocycles. The molecule has 6 heteroatoms. The van der Waals surface area contributed by atoms with E-state index in [1.165, 1.54) is 0 Å². The van der Waals surface area contributed by atoms with E-state index in [-0.39, 0.29) is 5.91 Å². The van der Waals surface area contributed by atoms with Crippen molar-refractivity contribution in [3.8, 4) is 5.75 Å². The lowest BCUT2D eigenvalue weighted by atomic mass is 10.1. The van der Waals surface area contributed by atoms with Gasteiger partial charge in [0, 0.05) is 25.2 Å². The Morgan fingerprint density at radius 3 is 2.55 bits per heavy atom. The van der Waals surface area contributed by atoms with Gasteiger partial charge < -0.3 is 9.47 Å². The summed E-state index contributed by atoms with van der Waals surface area (Å²) in [7, 11) is 0. The standard InChI is InChI=1S/C23H29N3O3/c1-3-22(24-25-23(27)21-7-5-4-6-18(21)2)19-8-10-20(11-9-19)29-17-14-26-12-15-28-16-13-26/h4-11H,3,12-17H2,1-2H3,(H,25,27)/b24-22+. The number of rotatable bonds is 8. The number of morpholine rings is 1. The summed E-state index contributed by atoms with van der Waals surface area (Å²) in [4.78, 5) is 14.7. The molecule has 0 atom stereocenters. The van der Waals surface area contributed by atoms with Gasteiger partial charge in [0.25, 0.3) is 5.91 Å². The Kier molecular flexibility index (Phi) is 7.78. The molecule has 0 unspecified atom stereocenters. The second kappa shape index (κ2) is 10.7. The predicted octanol–water partition coefficient (Wildman–Crippen LogP) is 3.25. The molecule has 3 rings (SSSR count). The van der Waals surface area contributed by atoms with Crippen LogP contribution in [0.25, 0.3) is 0 Å². The molecule has 0 radical (unpaired) electrons. The number of benzene rings is 2. The number of nitrogens with one attached hydrogen (secondary N) is 1. The van der Waals surface area contributed by atoms with E-state index in [4.69, 9.17) is 9.47 Å². The predicted molar refractivity (Wildman–Crippen MR) is 115 cm³/mol. The molecule has 6 nitrogen and oxygen atoms in total. The summed E-state index contributed by atoms with van der Waals surface area (Å²) in [5, 5.41) is 4.34. The lowest BCUT2D eigenvalue weighted by Crippen LogP contribution is -2.38. The molecule has 1 heterocycles. The van der Waals surface area contributed by atoms with E-state index in [0.29, 0.717) is 18.6 Å². The SMILES string of the molecule is CC/C(=N\NC(=O)c1ccccc1C)c1ccc(OCCN2CCOCC2)cc1. The number of nitrogens with zero attached hydrogens (tertiary/aromatic N) is 2. The highest BCUT2D eigenvalue weighted by atomic mass is 16.5.